The molecule has 10 heteroatoms. The van der Waals surface area contributed by atoms with Gasteiger partial charge < -0.3 is 21.3 Å². The molecule has 2 aromatic rings. The van der Waals surface area contributed by atoms with Crippen molar-refractivity contribution < 1.29 is 13.6 Å². The minimum Gasteiger partial charge on any atom is -0.369 e. The number of anilines is 1. The Kier molecular flexibility index (Phi) is 9.41. The molecule has 0 radical (unpaired) electrons. The van der Waals surface area contributed by atoms with Gasteiger partial charge in [0.1, 0.15) is 17.5 Å². The summed E-state index contributed by atoms with van der Waals surface area (Å²) in [6, 6.07) is 7.17. The largest absolute Gasteiger partial charge is 0.369 e. The third kappa shape index (κ3) is 6.74. The van der Waals surface area contributed by atoms with Crippen LogP contribution in [0.25, 0.3) is 0 Å². The third-order valence-electron chi connectivity index (χ3n) is 5.19. The van der Waals surface area contributed by atoms with Gasteiger partial charge in [0.2, 0.25) is 5.91 Å². The summed E-state index contributed by atoms with van der Waals surface area (Å²) in [7, 11) is 1.61. The number of nitrogens with one attached hydrogen (secondary N) is 2. The summed E-state index contributed by atoms with van der Waals surface area (Å²) in [5.74, 6) is 0.00455. The van der Waals surface area contributed by atoms with Gasteiger partial charge in [-0.15, -0.1) is 24.0 Å². The SMILES string of the molecule is CN=C(NCc1cc(F)ccc1F)NCc1cccnc1N1CCC(C(N)=O)CC1.I. The highest BCUT2D eigenvalue weighted by atomic mass is 127. The van der Waals surface area contributed by atoms with Crippen molar-refractivity contribution in [2.45, 2.75) is 25.9 Å². The smallest absolute Gasteiger partial charge is 0.220 e. The number of carbonyl (C=O) groups excluding carboxylic acids is 1. The highest BCUT2D eigenvalue weighted by Gasteiger charge is 2.24. The quantitative estimate of drug-likeness (QED) is 0.295. The number of nitrogens with zero attached hydrogens (tertiary/aromatic N) is 3. The van der Waals surface area contributed by atoms with Crippen LogP contribution in [0.1, 0.15) is 24.0 Å². The van der Waals surface area contributed by atoms with Gasteiger partial charge in [0.05, 0.1) is 0 Å². The lowest BCUT2D eigenvalue weighted by atomic mass is 9.96. The van der Waals surface area contributed by atoms with Gasteiger partial charge >= 0.3 is 0 Å². The molecular weight excluding hydrogens is 517 g/mol. The average Bonchev–Trinajstić information content (AvgIpc) is 2.76. The summed E-state index contributed by atoms with van der Waals surface area (Å²) in [6.45, 7) is 1.97. The molecule has 1 aliphatic rings. The van der Waals surface area contributed by atoms with E-state index in [-0.39, 0.29) is 47.9 Å². The van der Waals surface area contributed by atoms with Gasteiger partial charge in [0.25, 0.3) is 0 Å². The van der Waals surface area contributed by atoms with Gasteiger partial charge in [-0.05, 0) is 37.1 Å². The van der Waals surface area contributed by atoms with Gasteiger partial charge in [0, 0.05) is 56.5 Å². The molecule has 1 aromatic carbocycles. The van der Waals surface area contributed by atoms with Gasteiger partial charge in [-0.2, -0.15) is 0 Å². The number of pyridine rings is 1. The second-order valence-corrected chi connectivity index (χ2v) is 7.16. The lowest BCUT2D eigenvalue weighted by Crippen LogP contribution is -2.40. The summed E-state index contributed by atoms with van der Waals surface area (Å²) < 4.78 is 27.1. The van der Waals surface area contributed by atoms with Crippen LogP contribution in [0.3, 0.4) is 0 Å². The topological polar surface area (TPSA) is 95.6 Å². The minimum atomic E-state index is -0.490. The summed E-state index contributed by atoms with van der Waals surface area (Å²) in [6.07, 6.45) is 3.15. The third-order valence-corrected chi connectivity index (χ3v) is 5.19. The molecule has 1 fully saturated rings. The normalized spacial score (nSPS) is 14.7. The predicted molar refractivity (Wildman–Crippen MR) is 127 cm³/mol. The molecule has 3 rings (SSSR count). The highest BCUT2D eigenvalue weighted by Crippen LogP contribution is 2.24. The molecule has 0 bridgehead atoms. The predicted octanol–water partition coefficient (Wildman–Crippen LogP) is 2.54. The summed E-state index contributed by atoms with van der Waals surface area (Å²) >= 11 is 0. The van der Waals surface area contributed by atoms with E-state index in [9.17, 15) is 13.6 Å². The number of benzene rings is 1. The number of primary amides is 1. The van der Waals surface area contributed by atoms with Crippen molar-refractivity contribution in [2.75, 3.05) is 25.0 Å². The molecule has 1 saturated heterocycles. The Morgan fingerprint density at radius 3 is 2.52 bits per heavy atom. The van der Waals surface area contributed by atoms with E-state index in [1.165, 1.54) is 0 Å². The van der Waals surface area contributed by atoms with Gasteiger partial charge in [-0.1, -0.05) is 6.07 Å². The van der Waals surface area contributed by atoms with E-state index < -0.39 is 11.6 Å². The maximum Gasteiger partial charge on any atom is 0.220 e. The molecule has 0 aliphatic carbocycles. The number of guanidine groups is 1. The lowest BCUT2D eigenvalue weighted by molar-refractivity contribution is -0.122. The summed E-state index contributed by atoms with van der Waals surface area (Å²) in [4.78, 5) is 22.2. The molecule has 4 N–H and O–H groups in total. The number of aliphatic imine (C=N–C) groups is 1. The number of carbonyl (C=O) groups is 1. The maximum absolute atomic E-state index is 13.8. The first-order valence-corrected chi connectivity index (χ1v) is 9.84. The number of rotatable bonds is 6. The first kappa shape index (κ1) is 24.8. The van der Waals surface area contributed by atoms with E-state index in [0.717, 1.165) is 29.6 Å². The fraction of sp³-hybridized carbons (Fsp3) is 0.381. The van der Waals surface area contributed by atoms with Crippen LogP contribution in [0.5, 0.6) is 0 Å². The average molecular weight is 544 g/mol. The number of piperidine rings is 1. The van der Waals surface area contributed by atoms with Crippen molar-refractivity contribution in [3.05, 3.63) is 59.3 Å². The molecule has 0 unspecified atom stereocenters. The Hall–Kier alpha value is -2.50. The first-order valence-electron chi connectivity index (χ1n) is 9.84. The molecule has 31 heavy (non-hydrogen) atoms. The van der Waals surface area contributed by atoms with E-state index >= 15 is 0 Å². The minimum absolute atomic E-state index is 0. The Morgan fingerprint density at radius 1 is 1.19 bits per heavy atom. The van der Waals surface area contributed by atoms with Crippen LogP contribution in [-0.4, -0.2) is 37.0 Å². The van der Waals surface area contributed by atoms with Gasteiger partial charge in [0.15, 0.2) is 5.96 Å². The molecule has 0 saturated carbocycles. The van der Waals surface area contributed by atoms with Crippen molar-refractivity contribution >= 4 is 41.7 Å². The highest BCUT2D eigenvalue weighted by molar-refractivity contribution is 14.0. The number of amides is 1. The monoisotopic (exact) mass is 544 g/mol. The van der Waals surface area contributed by atoms with Crippen molar-refractivity contribution in [3.63, 3.8) is 0 Å². The Morgan fingerprint density at radius 2 is 1.87 bits per heavy atom. The molecule has 2 heterocycles. The second kappa shape index (κ2) is 11.8. The fourth-order valence-electron chi connectivity index (χ4n) is 3.49. The standard InChI is InChI=1S/C21H26F2N6O.HI/c1-25-21(28-13-16-11-17(22)4-5-18(16)23)27-12-15-3-2-8-26-20(15)29-9-6-14(7-10-29)19(24)30;/h2-5,8,11,14H,6-7,9-10,12-13H2,1H3,(H2,24,30)(H2,25,27,28);1H. The zero-order valence-corrected chi connectivity index (χ0v) is 19.6. The Labute approximate surface area is 197 Å². The molecule has 168 valence electrons. The zero-order valence-electron chi connectivity index (χ0n) is 17.3. The molecule has 0 atom stereocenters. The molecule has 0 spiro atoms. The zero-order chi connectivity index (χ0) is 21.5. The molecular formula is C21H27F2IN6O. The van der Waals surface area contributed by atoms with Crippen molar-refractivity contribution in [1.29, 1.82) is 0 Å². The van der Waals surface area contributed by atoms with Crippen LogP contribution >= 0.6 is 24.0 Å². The number of aromatic nitrogens is 1. The number of nitrogens with two attached hydrogens (primary N) is 1. The van der Waals surface area contributed by atoms with Crippen LogP contribution in [0.4, 0.5) is 14.6 Å². The van der Waals surface area contributed by atoms with Crippen LogP contribution in [-0.2, 0) is 17.9 Å². The van der Waals surface area contributed by atoms with Gasteiger partial charge in [-0.3, -0.25) is 9.79 Å². The number of halogens is 3. The van der Waals surface area contributed by atoms with E-state index in [1.807, 2.05) is 12.1 Å². The van der Waals surface area contributed by atoms with E-state index in [2.05, 4.69) is 25.5 Å². The van der Waals surface area contributed by atoms with Crippen LogP contribution in [0.2, 0.25) is 0 Å². The van der Waals surface area contributed by atoms with Crippen LogP contribution in [0.15, 0.2) is 41.5 Å². The van der Waals surface area contributed by atoms with Crippen LogP contribution in [0, 0.1) is 17.6 Å². The molecule has 7 nitrogen and oxygen atoms in total. The first-order chi connectivity index (χ1) is 14.5. The molecule has 1 aliphatic heterocycles. The van der Waals surface area contributed by atoms with Crippen molar-refractivity contribution in [2.24, 2.45) is 16.6 Å². The van der Waals surface area contributed by atoms with E-state index in [0.29, 0.717) is 38.4 Å². The van der Waals surface area contributed by atoms with E-state index in [1.54, 1.807) is 13.2 Å². The van der Waals surface area contributed by atoms with E-state index in [4.69, 9.17) is 5.73 Å². The van der Waals surface area contributed by atoms with Crippen LogP contribution < -0.4 is 21.3 Å². The summed E-state index contributed by atoms with van der Waals surface area (Å²) in [5.41, 5.74) is 6.61. The Balaban J connectivity index is 0.00000341. The molecule has 1 aromatic heterocycles. The number of hydrogen-bond donors (Lipinski definition) is 3. The van der Waals surface area contributed by atoms with Crippen molar-refractivity contribution in [1.82, 2.24) is 15.6 Å². The second-order valence-electron chi connectivity index (χ2n) is 7.16. The van der Waals surface area contributed by atoms with Crippen molar-refractivity contribution in [3.8, 4) is 0 Å². The lowest BCUT2D eigenvalue weighted by Gasteiger charge is -2.32. The Bertz CT molecular complexity index is 918. The summed E-state index contributed by atoms with van der Waals surface area (Å²) in [5, 5.41) is 6.17. The number of hydrogen-bond acceptors (Lipinski definition) is 4. The van der Waals surface area contributed by atoms with Gasteiger partial charge in [-0.25, -0.2) is 13.8 Å². The fourth-order valence-corrected chi connectivity index (χ4v) is 3.49. The maximum atomic E-state index is 13.8. The molecule has 1 amide bonds.